The molecular weight excluding hydrogens is 353 g/mol. The Labute approximate surface area is 145 Å². The molecule has 7 nitrogen and oxygen atoms in total. The standard InChI is InChI=1S/C16H13F3N4O3/c1-25-15-22-13(10-7-20-21-8-10)6-14(24)23(15)11-2-4-12(5-3-11)26-9-16(17,18)19/h2-8H,9H2,1H3,(H,20,21). The number of aromatic amines is 1. The van der Waals surface area contributed by atoms with Gasteiger partial charge in [-0.25, -0.2) is 4.57 Å². The molecule has 0 fully saturated rings. The minimum atomic E-state index is -4.42. The second-order valence-electron chi connectivity index (χ2n) is 5.19. The molecule has 0 aliphatic carbocycles. The van der Waals surface area contributed by atoms with Crippen molar-refractivity contribution in [3.8, 4) is 28.7 Å². The molecule has 1 aromatic carbocycles. The van der Waals surface area contributed by atoms with E-state index in [1.807, 2.05) is 0 Å². The Morgan fingerprint density at radius 3 is 2.54 bits per heavy atom. The molecule has 3 aromatic rings. The number of H-pyrrole nitrogens is 1. The third-order valence-corrected chi connectivity index (χ3v) is 3.36. The van der Waals surface area contributed by atoms with E-state index in [4.69, 9.17) is 4.74 Å². The molecule has 10 heteroatoms. The Morgan fingerprint density at radius 1 is 1.23 bits per heavy atom. The van der Waals surface area contributed by atoms with Gasteiger partial charge in [-0.15, -0.1) is 0 Å². The minimum absolute atomic E-state index is 0.0256. The van der Waals surface area contributed by atoms with Crippen molar-refractivity contribution in [1.82, 2.24) is 19.7 Å². The largest absolute Gasteiger partial charge is 0.484 e. The molecule has 0 aliphatic heterocycles. The van der Waals surface area contributed by atoms with E-state index in [1.54, 1.807) is 6.20 Å². The van der Waals surface area contributed by atoms with Gasteiger partial charge in [0.05, 0.1) is 24.7 Å². The first kappa shape index (κ1) is 17.5. The second-order valence-corrected chi connectivity index (χ2v) is 5.19. The van der Waals surface area contributed by atoms with E-state index < -0.39 is 18.3 Å². The molecule has 26 heavy (non-hydrogen) atoms. The molecule has 3 rings (SSSR count). The Hall–Kier alpha value is -3.30. The predicted molar refractivity (Wildman–Crippen MR) is 85.5 cm³/mol. The van der Waals surface area contributed by atoms with Crippen LogP contribution in [0.3, 0.4) is 0 Å². The van der Waals surface area contributed by atoms with Crippen LogP contribution in [-0.2, 0) is 0 Å². The molecule has 0 saturated carbocycles. The zero-order chi connectivity index (χ0) is 18.7. The number of nitrogens with one attached hydrogen (secondary N) is 1. The highest BCUT2D eigenvalue weighted by Gasteiger charge is 2.28. The third-order valence-electron chi connectivity index (χ3n) is 3.36. The molecule has 136 valence electrons. The van der Waals surface area contributed by atoms with Crippen LogP contribution in [0.4, 0.5) is 13.2 Å². The average molecular weight is 366 g/mol. The molecule has 0 spiro atoms. The summed E-state index contributed by atoms with van der Waals surface area (Å²) in [7, 11) is 1.36. The number of hydrogen-bond donors (Lipinski definition) is 1. The molecule has 2 aromatic heterocycles. The Balaban J connectivity index is 1.92. The van der Waals surface area contributed by atoms with Gasteiger partial charge in [-0.1, -0.05) is 0 Å². The van der Waals surface area contributed by atoms with Crippen molar-refractivity contribution >= 4 is 0 Å². The maximum atomic E-state index is 12.5. The van der Waals surface area contributed by atoms with Crippen molar-refractivity contribution in [2.24, 2.45) is 0 Å². The number of rotatable bonds is 5. The van der Waals surface area contributed by atoms with Crippen LogP contribution in [0.15, 0.2) is 47.5 Å². The zero-order valence-corrected chi connectivity index (χ0v) is 13.4. The summed E-state index contributed by atoms with van der Waals surface area (Å²) < 4.78 is 47.6. The average Bonchev–Trinajstić information content (AvgIpc) is 3.14. The van der Waals surface area contributed by atoms with E-state index in [-0.39, 0.29) is 11.8 Å². The van der Waals surface area contributed by atoms with Crippen molar-refractivity contribution in [3.63, 3.8) is 0 Å². The van der Waals surface area contributed by atoms with E-state index in [2.05, 4.69) is 19.9 Å². The van der Waals surface area contributed by atoms with Gasteiger partial charge in [0.25, 0.3) is 5.56 Å². The first-order valence-electron chi connectivity index (χ1n) is 7.34. The number of halogens is 3. The van der Waals surface area contributed by atoms with Crippen LogP contribution in [0, 0.1) is 0 Å². The monoisotopic (exact) mass is 366 g/mol. The summed E-state index contributed by atoms with van der Waals surface area (Å²) in [6.07, 6.45) is -1.33. The highest BCUT2D eigenvalue weighted by atomic mass is 19.4. The van der Waals surface area contributed by atoms with E-state index in [0.717, 1.165) is 0 Å². The van der Waals surface area contributed by atoms with Gasteiger partial charge in [0.15, 0.2) is 6.61 Å². The number of hydrogen-bond acceptors (Lipinski definition) is 5. The summed E-state index contributed by atoms with van der Waals surface area (Å²) >= 11 is 0. The molecule has 0 amide bonds. The number of alkyl halides is 3. The Morgan fingerprint density at radius 2 is 1.96 bits per heavy atom. The van der Waals surface area contributed by atoms with Gasteiger partial charge < -0.3 is 9.47 Å². The van der Waals surface area contributed by atoms with Crippen LogP contribution in [0.25, 0.3) is 16.9 Å². The van der Waals surface area contributed by atoms with Gasteiger partial charge in [-0.3, -0.25) is 9.89 Å². The quantitative estimate of drug-likeness (QED) is 0.751. The van der Waals surface area contributed by atoms with Crippen LogP contribution in [0.5, 0.6) is 11.8 Å². The van der Waals surface area contributed by atoms with Gasteiger partial charge in [0.1, 0.15) is 5.75 Å². The first-order chi connectivity index (χ1) is 12.4. The van der Waals surface area contributed by atoms with Gasteiger partial charge in [0, 0.05) is 17.8 Å². The number of benzene rings is 1. The molecule has 0 unspecified atom stereocenters. The fourth-order valence-corrected chi connectivity index (χ4v) is 2.23. The van der Waals surface area contributed by atoms with Crippen molar-refractivity contribution in [2.75, 3.05) is 13.7 Å². The van der Waals surface area contributed by atoms with Crippen LogP contribution in [0.1, 0.15) is 0 Å². The summed E-state index contributed by atoms with van der Waals surface area (Å²) in [5, 5.41) is 6.43. The topological polar surface area (TPSA) is 82.0 Å². The van der Waals surface area contributed by atoms with Gasteiger partial charge in [-0.2, -0.15) is 23.3 Å². The van der Waals surface area contributed by atoms with E-state index in [9.17, 15) is 18.0 Å². The zero-order valence-electron chi connectivity index (χ0n) is 13.4. The number of nitrogens with zero attached hydrogens (tertiary/aromatic N) is 3. The number of methoxy groups -OCH3 is 1. The van der Waals surface area contributed by atoms with Crippen molar-refractivity contribution in [3.05, 3.63) is 53.1 Å². The van der Waals surface area contributed by atoms with Crippen molar-refractivity contribution in [2.45, 2.75) is 6.18 Å². The molecule has 1 N–H and O–H groups in total. The van der Waals surface area contributed by atoms with Crippen molar-refractivity contribution in [1.29, 1.82) is 0 Å². The van der Waals surface area contributed by atoms with Crippen LogP contribution in [-0.4, -0.2) is 39.6 Å². The molecule has 0 saturated heterocycles. The van der Waals surface area contributed by atoms with Crippen LogP contribution >= 0.6 is 0 Å². The summed E-state index contributed by atoms with van der Waals surface area (Å²) in [6.45, 7) is -1.39. The van der Waals surface area contributed by atoms with Crippen LogP contribution < -0.4 is 15.0 Å². The van der Waals surface area contributed by atoms with Crippen molar-refractivity contribution < 1.29 is 22.6 Å². The van der Waals surface area contributed by atoms with Crippen LogP contribution in [0.2, 0.25) is 0 Å². The fraction of sp³-hybridized carbons (Fsp3) is 0.188. The highest BCUT2D eigenvalue weighted by Crippen LogP contribution is 2.22. The Bertz CT molecular complexity index is 935. The summed E-state index contributed by atoms with van der Waals surface area (Å²) in [4.78, 5) is 16.8. The minimum Gasteiger partial charge on any atom is -0.484 e. The van der Waals surface area contributed by atoms with Gasteiger partial charge in [-0.05, 0) is 24.3 Å². The summed E-state index contributed by atoms with van der Waals surface area (Å²) in [5.41, 5.74) is 0.944. The smallest absolute Gasteiger partial charge is 0.422 e. The molecular formula is C16H13F3N4O3. The number of ether oxygens (including phenoxy) is 2. The van der Waals surface area contributed by atoms with E-state index in [0.29, 0.717) is 16.9 Å². The van der Waals surface area contributed by atoms with Gasteiger partial charge in [0.2, 0.25) is 0 Å². The highest BCUT2D eigenvalue weighted by molar-refractivity contribution is 5.57. The fourth-order valence-electron chi connectivity index (χ4n) is 2.23. The maximum Gasteiger partial charge on any atom is 0.422 e. The lowest BCUT2D eigenvalue weighted by molar-refractivity contribution is -0.153. The molecule has 0 bridgehead atoms. The maximum absolute atomic E-state index is 12.5. The summed E-state index contributed by atoms with van der Waals surface area (Å²) in [6, 6.07) is 6.87. The van der Waals surface area contributed by atoms with E-state index >= 15 is 0 Å². The lowest BCUT2D eigenvalue weighted by Crippen LogP contribution is -2.21. The lowest BCUT2D eigenvalue weighted by atomic mass is 10.2. The third kappa shape index (κ3) is 3.85. The lowest BCUT2D eigenvalue weighted by Gasteiger charge is -2.13. The normalized spacial score (nSPS) is 11.4. The SMILES string of the molecule is COc1nc(-c2cn[nH]c2)cc(=O)n1-c1ccc(OCC(F)(F)F)cc1. The first-order valence-corrected chi connectivity index (χ1v) is 7.34. The molecule has 0 atom stereocenters. The second kappa shape index (κ2) is 6.90. The van der Waals surface area contributed by atoms with Gasteiger partial charge >= 0.3 is 12.2 Å². The number of aromatic nitrogens is 4. The molecule has 0 radical (unpaired) electrons. The molecule has 2 heterocycles. The Kier molecular flexibility index (Phi) is 4.65. The molecule has 0 aliphatic rings. The van der Waals surface area contributed by atoms with E-state index in [1.165, 1.54) is 48.2 Å². The summed E-state index contributed by atoms with van der Waals surface area (Å²) in [5.74, 6) is 0.0288. The predicted octanol–water partition coefficient (Wildman–Crippen LogP) is 2.57.